The number of nitrogens with zero attached hydrogens (tertiary/aromatic N) is 3. The van der Waals surface area contributed by atoms with Crippen molar-refractivity contribution in [2.75, 3.05) is 20.1 Å². The maximum Gasteiger partial charge on any atom is 0.257 e. The molecule has 0 saturated carbocycles. The molecule has 0 aliphatic carbocycles. The summed E-state index contributed by atoms with van der Waals surface area (Å²) in [5.74, 6) is -0.376. The van der Waals surface area contributed by atoms with Crippen molar-refractivity contribution in [3.63, 3.8) is 0 Å². The van der Waals surface area contributed by atoms with Gasteiger partial charge in [-0.15, -0.1) is 0 Å². The number of hydrogen-bond acceptors (Lipinski definition) is 4. The summed E-state index contributed by atoms with van der Waals surface area (Å²) < 4.78 is 1.77. The van der Waals surface area contributed by atoms with Crippen LogP contribution in [0.3, 0.4) is 0 Å². The Labute approximate surface area is 125 Å². The quantitative estimate of drug-likeness (QED) is 0.748. The van der Waals surface area contributed by atoms with E-state index in [0.717, 1.165) is 12.1 Å². The van der Waals surface area contributed by atoms with Gasteiger partial charge in [0, 0.05) is 25.3 Å². The highest BCUT2D eigenvalue weighted by molar-refractivity contribution is 5.97. The Morgan fingerprint density at radius 1 is 1.48 bits per heavy atom. The van der Waals surface area contributed by atoms with Crippen LogP contribution in [0, 0.1) is 6.92 Å². The second kappa shape index (κ2) is 7.78. The number of likely N-dealkylation sites (N-methyl/N-ethyl adjacent to an activating group) is 1. The van der Waals surface area contributed by atoms with Crippen LogP contribution in [-0.2, 0) is 11.3 Å². The molecule has 0 saturated heterocycles. The van der Waals surface area contributed by atoms with Crippen molar-refractivity contribution < 1.29 is 9.59 Å². The first-order valence-electron chi connectivity index (χ1n) is 7.14. The van der Waals surface area contributed by atoms with E-state index in [-0.39, 0.29) is 24.4 Å². The second-order valence-corrected chi connectivity index (χ2v) is 5.39. The van der Waals surface area contributed by atoms with Crippen molar-refractivity contribution in [3.05, 3.63) is 17.5 Å². The minimum atomic E-state index is -0.203. The molecular formula is C14H25N5O2. The average molecular weight is 295 g/mol. The van der Waals surface area contributed by atoms with Crippen LogP contribution in [0.25, 0.3) is 0 Å². The van der Waals surface area contributed by atoms with Crippen LogP contribution >= 0.6 is 0 Å². The van der Waals surface area contributed by atoms with E-state index in [2.05, 4.69) is 10.4 Å². The molecule has 0 radical (unpaired) electrons. The van der Waals surface area contributed by atoms with Gasteiger partial charge in [0.05, 0.1) is 18.3 Å². The van der Waals surface area contributed by atoms with Gasteiger partial charge < -0.3 is 16.0 Å². The van der Waals surface area contributed by atoms with E-state index in [9.17, 15) is 9.59 Å². The lowest BCUT2D eigenvalue weighted by atomic mass is 10.2. The van der Waals surface area contributed by atoms with E-state index in [1.54, 1.807) is 17.9 Å². The number of rotatable bonds is 7. The number of nitrogens with two attached hydrogens (primary N) is 1. The third-order valence-electron chi connectivity index (χ3n) is 3.08. The topological polar surface area (TPSA) is 93.2 Å². The molecule has 7 heteroatoms. The zero-order chi connectivity index (χ0) is 16.0. The highest BCUT2D eigenvalue weighted by Gasteiger charge is 2.19. The van der Waals surface area contributed by atoms with E-state index in [1.165, 1.54) is 4.90 Å². The fraction of sp³-hybridized carbons (Fsp3) is 0.643. The zero-order valence-corrected chi connectivity index (χ0v) is 13.2. The van der Waals surface area contributed by atoms with Gasteiger partial charge in [-0.2, -0.15) is 5.10 Å². The van der Waals surface area contributed by atoms with Crippen LogP contribution in [0.4, 0.5) is 0 Å². The van der Waals surface area contributed by atoms with E-state index >= 15 is 0 Å². The van der Waals surface area contributed by atoms with E-state index < -0.39 is 0 Å². The van der Waals surface area contributed by atoms with E-state index in [0.29, 0.717) is 18.7 Å². The van der Waals surface area contributed by atoms with Gasteiger partial charge in [-0.3, -0.25) is 14.3 Å². The van der Waals surface area contributed by atoms with Crippen LogP contribution in [-0.4, -0.2) is 52.7 Å². The number of amides is 2. The lowest BCUT2D eigenvalue weighted by Gasteiger charge is -2.17. The molecule has 0 fully saturated rings. The lowest BCUT2D eigenvalue weighted by molar-refractivity contribution is -0.122. The van der Waals surface area contributed by atoms with Crippen molar-refractivity contribution in [2.24, 2.45) is 5.73 Å². The SMILES string of the molecule is Cc1c(C(=O)N(C)CC(=O)NC(C)C)cnn1CCCN. The van der Waals surface area contributed by atoms with E-state index in [1.807, 2.05) is 20.8 Å². The molecule has 0 unspecified atom stereocenters. The summed E-state index contributed by atoms with van der Waals surface area (Å²) in [7, 11) is 1.61. The Bertz CT molecular complexity index is 496. The molecule has 0 bridgehead atoms. The number of aromatic nitrogens is 2. The van der Waals surface area contributed by atoms with Gasteiger partial charge in [0.2, 0.25) is 5.91 Å². The molecule has 1 heterocycles. The highest BCUT2D eigenvalue weighted by Crippen LogP contribution is 2.10. The Balaban J connectivity index is 2.70. The predicted molar refractivity (Wildman–Crippen MR) is 80.9 cm³/mol. The normalized spacial score (nSPS) is 10.8. The molecule has 1 rings (SSSR count). The van der Waals surface area contributed by atoms with Gasteiger partial charge in [0.1, 0.15) is 0 Å². The van der Waals surface area contributed by atoms with Gasteiger partial charge >= 0.3 is 0 Å². The van der Waals surface area contributed by atoms with E-state index in [4.69, 9.17) is 5.73 Å². The fourth-order valence-corrected chi connectivity index (χ4v) is 1.98. The van der Waals surface area contributed by atoms with Crippen molar-refractivity contribution >= 4 is 11.8 Å². The summed E-state index contributed by atoms with van der Waals surface area (Å²) in [4.78, 5) is 25.4. The molecule has 1 aromatic rings. The van der Waals surface area contributed by atoms with Gasteiger partial charge in [-0.1, -0.05) is 0 Å². The Morgan fingerprint density at radius 3 is 2.71 bits per heavy atom. The minimum absolute atomic E-state index is 0.0322. The van der Waals surface area contributed by atoms with Crippen molar-refractivity contribution in [3.8, 4) is 0 Å². The first-order chi connectivity index (χ1) is 9.86. The standard InChI is InChI=1S/C14H25N5O2/c1-10(2)17-13(20)9-18(4)14(21)12-8-16-19(11(12)3)7-5-6-15/h8,10H,5-7,9,15H2,1-4H3,(H,17,20). The fourth-order valence-electron chi connectivity index (χ4n) is 1.98. The monoisotopic (exact) mass is 295 g/mol. The first-order valence-corrected chi connectivity index (χ1v) is 7.14. The number of nitrogens with one attached hydrogen (secondary N) is 1. The first kappa shape index (κ1) is 17.2. The molecule has 0 spiro atoms. The minimum Gasteiger partial charge on any atom is -0.352 e. The van der Waals surface area contributed by atoms with Gasteiger partial charge in [0.25, 0.3) is 5.91 Å². The maximum absolute atomic E-state index is 12.3. The summed E-state index contributed by atoms with van der Waals surface area (Å²) in [5, 5.41) is 6.96. The van der Waals surface area contributed by atoms with Crippen molar-refractivity contribution in [1.82, 2.24) is 20.0 Å². The summed E-state index contributed by atoms with van der Waals surface area (Å²) >= 11 is 0. The maximum atomic E-state index is 12.3. The number of aryl methyl sites for hydroxylation is 1. The van der Waals surface area contributed by atoms with Crippen LogP contribution < -0.4 is 11.1 Å². The largest absolute Gasteiger partial charge is 0.352 e. The predicted octanol–water partition coefficient (Wildman–Crippen LogP) is 0.137. The molecule has 118 valence electrons. The van der Waals surface area contributed by atoms with Gasteiger partial charge in [-0.25, -0.2) is 0 Å². The number of carbonyl (C=O) groups excluding carboxylic acids is 2. The average Bonchev–Trinajstić information content (AvgIpc) is 2.75. The summed E-state index contributed by atoms with van der Waals surface area (Å²) in [6, 6.07) is 0.0572. The molecule has 7 nitrogen and oxygen atoms in total. The Kier molecular flexibility index (Phi) is 6.36. The van der Waals surface area contributed by atoms with Crippen LogP contribution in [0.2, 0.25) is 0 Å². The third-order valence-corrected chi connectivity index (χ3v) is 3.08. The van der Waals surface area contributed by atoms with Crippen LogP contribution in [0.5, 0.6) is 0 Å². The summed E-state index contributed by atoms with van der Waals surface area (Å²) in [6.07, 6.45) is 2.35. The molecular weight excluding hydrogens is 270 g/mol. The van der Waals surface area contributed by atoms with Crippen LogP contribution in [0.1, 0.15) is 36.3 Å². The smallest absolute Gasteiger partial charge is 0.257 e. The molecule has 0 aromatic carbocycles. The Hall–Kier alpha value is -1.89. The molecule has 0 atom stereocenters. The Morgan fingerprint density at radius 2 is 2.14 bits per heavy atom. The molecule has 1 aromatic heterocycles. The van der Waals surface area contributed by atoms with Gasteiger partial charge in [0.15, 0.2) is 0 Å². The zero-order valence-electron chi connectivity index (χ0n) is 13.2. The lowest BCUT2D eigenvalue weighted by Crippen LogP contribution is -2.40. The third kappa shape index (κ3) is 4.86. The molecule has 0 aliphatic heterocycles. The van der Waals surface area contributed by atoms with Crippen LogP contribution in [0.15, 0.2) is 6.20 Å². The van der Waals surface area contributed by atoms with Crippen molar-refractivity contribution in [1.29, 1.82) is 0 Å². The molecule has 0 aliphatic rings. The number of hydrogen-bond donors (Lipinski definition) is 2. The van der Waals surface area contributed by atoms with Gasteiger partial charge in [-0.05, 0) is 33.7 Å². The van der Waals surface area contributed by atoms with Crippen molar-refractivity contribution in [2.45, 2.75) is 39.8 Å². The number of carbonyl (C=O) groups is 2. The highest BCUT2D eigenvalue weighted by atomic mass is 16.2. The summed E-state index contributed by atoms with van der Waals surface area (Å²) in [6.45, 7) is 6.91. The summed E-state index contributed by atoms with van der Waals surface area (Å²) in [5.41, 5.74) is 6.79. The molecule has 3 N–H and O–H groups in total. The second-order valence-electron chi connectivity index (χ2n) is 5.39. The molecule has 2 amide bonds. The molecule has 21 heavy (non-hydrogen) atoms.